The van der Waals surface area contributed by atoms with Gasteiger partial charge in [-0.25, -0.2) is 14.5 Å². The number of anilines is 1. The van der Waals surface area contributed by atoms with E-state index in [1.165, 1.54) is 23.1 Å². The predicted molar refractivity (Wildman–Crippen MR) is 158 cm³/mol. The molecule has 12 nitrogen and oxygen atoms in total. The quantitative estimate of drug-likeness (QED) is 0.212. The molecule has 3 aromatic carbocycles. The van der Waals surface area contributed by atoms with Gasteiger partial charge < -0.3 is 25.3 Å². The van der Waals surface area contributed by atoms with Crippen molar-refractivity contribution >= 4 is 46.4 Å². The number of nitrogens with one attached hydrogen (secondary N) is 2. The second-order valence-electron chi connectivity index (χ2n) is 10.6. The number of methoxy groups -OCH3 is 1. The van der Waals surface area contributed by atoms with Gasteiger partial charge in [0, 0.05) is 29.4 Å². The lowest BCUT2D eigenvalue weighted by atomic mass is 9.89. The van der Waals surface area contributed by atoms with E-state index in [0.29, 0.717) is 5.75 Å². The van der Waals surface area contributed by atoms with E-state index in [4.69, 9.17) is 9.84 Å². The zero-order valence-electron chi connectivity index (χ0n) is 23.5. The summed E-state index contributed by atoms with van der Waals surface area (Å²) in [5, 5.41) is 21.8. The lowest BCUT2D eigenvalue weighted by Gasteiger charge is -2.36. The molecule has 3 heterocycles. The second kappa shape index (κ2) is 11.2. The molecule has 2 aliphatic heterocycles. The average Bonchev–Trinajstić information content (AvgIpc) is 3.51. The number of aromatic amines is 1. The molecular weight excluding hydrogens is 568 g/mol. The van der Waals surface area contributed by atoms with E-state index in [1.54, 1.807) is 25.3 Å². The Bertz CT molecular complexity index is 1810. The third-order valence-corrected chi connectivity index (χ3v) is 8.12. The smallest absolute Gasteiger partial charge is 0.332 e. The third kappa shape index (κ3) is 4.79. The van der Waals surface area contributed by atoms with Crippen LogP contribution in [-0.2, 0) is 20.8 Å². The predicted octanol–water partition coefficient (Wildman–Crippen LogP) is 3.71. The lowest BCUT2D eigenvalue weighted by Crippen LogP contribution is -2.44. The summed E-state index contributed by atoms with van der Waals surface area (Å²) in [4.78, 5) is 70.4. The summed E-state index contributed by atoms with van der Waals surface area (Å²) >= 11 is 0. The Kier molecular flexibility index (Phi) is 7.25. The molecule has 0 unspecified atom stereocenters. The minimum absolute atomic E-state index is 0.00114. The van der Waals surface area contributed by atoms with Gasteiger partial charge in [-0.15, -0.1) is 0 Å². The summed E-state index contributed by atoms with van der Waals surface area (Å²) in [7, 11) is 1.56. The zero-order valence-corrected chi connectivity index (χ0v) is 23.5. The maximum absolute atomic E-state index is 14.3. The van der Waals surface area contributed by atoms with Gasteiger partial charge in [0.05, 0.1) is 18.4 Å². The number of urea groups is 1. The third-order valence-electron chi connectivity index (χ3n) is 8.12. The van der Waals surface area contributed by atoms with Crippen molar-refractivity contribution in [1.29, 1.82) is 0 Å². The van der Waals surface area contributed by atoms with Gasteiger partial charge in [-0.2, -0.15) is 0 Å². The highest BCUT2D eigenvalue weighted by molar-refractivity contribution is 6.24. The van der Waals surface area contributed by atoms with Crippen molar-refractivity contribution in [3.8, 4) is 5.75 Å². The summed E-state index contributed by atoms with van der Waals surface area (Å²) in [5.41, 5.74) is 3.23. The van der Waals surface area contributed by atoms with Crippen LogP contribution in [0.5, 0.6) is 5.75 Å². The van der Waals surface area contributed by atoms with Gasteiger partial charge in [0.25, 0.3) is 11.8 Å². The Morgan fingerprint density at radius 2 is 1.70 bits per heavy atom. The number of rotatable bonds is 9. The van der Waals surface area contributed by atoms with Crippen molar-refractivity contribution in [2.24, 2.45) is 0 Å². The molecule has 2 aliphatic rings. The largest absolute Gasteiger partial charge is 0.497 e. The first-order valence-corrected chi connectivity index (χ1v) is 13.9. The molecule has 0 aliphatic carbocycles. The van der Waals surface area contributed by atoms with Crippen LogP contribution in [-0.4, -0.2) is 69.1 Å². The first-order valence-electron chi connectivity index (χ1n) is 13.9. The number of nitrogens with zero attached hydrogens (tertiary/aromatic N) is 2. The fourth-order valence-electron chi connectivity index (χ4n) is 6.05. The zero-order chi connectivity index (χ0) is 31.1. The molecule has 0 saturated carbocycles. The number of carbonyl (C=O) groups is 5. The molecule has 224 valence electrons. The Hall–Kier alpha value is -5.65. The number of aromatic nitrogens is 1. The monoisotopic (exact) mass is 596 g/mol. The average molecular weight is 597 g/mol. The molecule has 3 atom stereocenters. The van der Waals surface area contributed by atoms with Gasteiger partial charge in [-0.1, -0.05) is 42.5 Å². The molecule has 0 radical (unpaired) electrons. The van der Waals surface area contributed by atoms with Crippen LogP contribution < -0.4 is 15.0 Å². The summed E-state index contributed by atoms with van der Waals surface area (Å²) in [6.07, 6.45) is -0.566. The van der Waals surface area contributed by atoms with Crippen LogP contribution in [0.2, 0.25) is 0 Å². The second-order valence-corrected chi connectivity index (χ2v) is 10.6. The van der Waals surface area contributed by atoms with E-state index < -0.39 is 54.3 Å². The number of imide groups is 1. The van der Waals surface area contributed by atoms with Crippen molar-refractivity contribution in [3.63, 3.8) is 0 Å². The van der Waals surface area contributed by atoms with E-state index >= 15 is 0 Å². The van der Waals surface area contributed by atoms with Crippen LogP contribution in [0.15, 0.2) is 72.8 Å². The van der Waals surface area contributed by atoms with E-state index in [-0.39, 0.29) is 24.1 Å². The molecule has 12 heteroatoms. The normalized spacial score (nSPS) is 18.1. The molecule has 4 N–H and O–H groups in total. The van der Waals surface area contributed by atoms with Gasteiger partial charge >= 0.3 is 18.0 Å². The molecule has 0 bridgehead atoms. The van der Waals surface area contributed by atoms with Crippen LogP contribution >= 0.6 is 0 Å². The van der Waals surface area contributed by atoms with Gasteiger partial charge in [-0.05, 0) is 47.9 Å². The van der Waals surface area contributed by atoms with Gasteiger partial charge in [0.15, 0.2) is 0 Å². The molecule has 1 saturated heterocycles. The fourth-order valence-corrected chi connectivity index (χ4v) is 6.05. The molecule has 4 amide bonds. The highest BCUT2D eigenvalue weighted by atomic mass is 16.5. The Labute approximate surface area is 250 Å². The summed E-state index contributed by atoms with van der Waals surface area (Å²) in [6.45, 7) is 0. The summed E-state index contributed by atoms with van der Waals surface area (Å²) in [6, 6.07) is 17.3. The van der Waals surface area contributed by atoms with E-state index in [9.17, 15) is 29.1 Å². The number of carboxylic acid groups (broad SMARTS) is 2. The number of H-pyrrole nitrogens is 1. The van der Waals surface area contributed by atoms with Crippen LogP contribution in [0.25, 0.3) is 10.9 Å². The maximum Gasteiger partial charge on any atom is 0.332 e. The van der Waals surface area contributed by atoms with Crippen molar-refractivity contribution < 1.29 is 38.9 Å². The number of amides is 4. The van der Waals surface area contributed by atoms with E-state index in [2.05, 4.69) is 10.3 Å². The SMILES string of the molecule is COc1ccc([C@H]2c3[nH]c4ccccc4c3C[C@H]3C(=O)N(c4ccccc4C(=O)N[C@@H](CCC(=O)O)C(=O)O)C(=O)N23)cc1. The molecule has 4 aromatic rings. The number of ether oxygens (including phenoxy) is 1. The number of carbonyl (C=O) groups excluding carboxylic acids is 3. The number of benzene rings is 3. The van der Waals surface area contributed by atoms with Crippen molar-refractivity contribution in [2.75, 3.05) is 12.0 Å². The number of aliphatic carboxylic acids is 2. The molecule has 0 spiro atoms. The van der Waals surface area contributed by atoms with Crippen molar-refractivity contribution in [1.82, 2.24) is 15.2 Å². The van der Waals surface area contributed by atoms with Crippen LogP contribution in [0.3, 0.4) is 0 Å². The summed E-state index contributed by atoms with van der Waals surface area (Å²) < 4.78 is 5.32. The van der Waals surface area contributed by atoms with Crippen LogP contribution in [0.1, 0.15) is 46.1 Å². The molecule has 44 heavy (non-hydrogen) atoms. The van der Waals surface area contributed by atoms with Gasteiger partial charge in [-0.3, -0.25) is 19.3 Å². The highest BCUT2D eigenvalue weighted by Gasteiger charge is 2.53. The van der Waals surface area contributed by atoms with Gasteiger partial charge in [0.2, 0.25) is 0 Å². The van der Waals surface area contributed by atoms with E-state index in [0.717, 1.165) is 32.6 Å². The van der Waals surface area contributed by atoms with Crippen LogP contribution in [0, 0.1) is 0 Å². The molecule has 1 fully saturated rings. The van der Waals surface area contributed by atoms with Crippen molar-refractivity contribution in [2.45, 2.75) is 37.4 Å². The minimum Gasteiger partial charge on any atom is -0.497 e. The highest BCUT2D eigenvalue weighted by Crippen LogP contribution is 2.45. The van der Waals surface area contributed by atoms with Crippen molar-refractivity contribution in [3.05, 3.63) is 95.2 Å². The van der Waals surface area contributed by atoms with Gasteiger partial charge in [0.1, 0.15) is 23.9 Å². The topological polar surface area (TPSA) is 169 Å². The number of hydrogen-bond donors (Lipinski definition) is 4. The Balaban J connectivity index is 1.40. The molecular formula is C32H28N4O8. The fraction of sp³-hybridized carbons (Fsp3) is 0.219. The molecule has 6 rings (SSSR count). The number of hydrogen-bond acceptors (Lipinski definition) is 6. The summed E-state index contributed by atoms with van der Waals surface area (Å²) in [5.74, 6) is -3.36. The maximum atomic E-state index is 14.3. The Morgan fingerprint density at radius 1 is 1.00 bits per heavy atom. The minimum atomic E-state index is -1.49. The van der Waals surface area contributed by atoms with E-state index in [1.807, 2.05) is 36.4 Å². The number of fused-ring (bicyclic) bond motifs is 4. The van der Waals surface area contributed by atoms with Crippen LogP contribution in [0.4, 0.5) is 10.5 Å². The number of carboxylic acids is 2. The Morgan fingerprint density at radius 3 is 2.41 bits per heavy atom. The molecule has 1 aromatic heterocycles. The lowest BCUT2D eigenvalue weighted by molar-refractivity contribution is -0.140. The standard InChI is InChI=1S/C32H28N4O8/c1-44-18-12-10-17(11-13-18)28-27-21(19-6-2-4-8-22(19)33-27)16-25-30(40)36(32(43)35(25)28)24-9-5-3-7-20(24)29(39)34-23(31(41)42)14-15-26(37)38/h2-13,23,25,28,33H,14-16H2,1H3,(H,34,39)(H,37,38)(H,41,42)/t23-,25-,28-/m0/s1. The first-order chi connectivity index (χ1) is 21.2. The first kappa shape index (κ1) is 28.5. The number of para-hydroxylation sites is 2.